The second-order valence-electron chi connectivity index (χ2n) is 7.51. The van der Waals surface area contributed by atoms with Gasteiger partial charge in [-0.05, 0) is 25.5 Å². The topological polar surface area (TPSA) is 54.5 Å². The van der Waals surface area contributed by atoms with Crippen LogP contribution >= 0.6 is 11.6 Å². The number of hydrogen-bond donors (Lipinski definition) is 1. The molecule has 1 N–H and O–H groups in total. The first-order valence-corrected chi connectivity index (χ1v) is 10.3. The number of nitrogens with one attached hydrogen (secondary N) is 1. The number of amides is 1. The molecule has 1 saturated heterocycles. The molecule has 4 rings (SSSR count). The van der Waals surface area contributed by atoms with E-state index in [0.717, 1.165) is 11.3 Å². The van der Waals surface area contributed by atoms with Gasteiger partial charge in [-0.3, -0.25) is 9.78 Å². The zero-order valence-corrected chi connectivity index (χ0v) is 18.2. The van der Waals surface area contributed by atoms with Crippen molar-refractivity contribution in [3.8, 4) is 11.1 Å². The van der Waals surface area contributed by atoms with Gasteiger partial charge in [-0.15, -0.1) is 0 Å². The van der Waals surface area contributed by atoms with Gasteiger partial charge in [-0.2, -0.15) is 0 Å². The highest BCUT2D eigenvalue weighted by atomic mass is 35.5. The number of anilines is 1. The molecule has 2 aromatic carbocycles. The third-order valence-electron chi connectivity index (χ3n) is 5.66. The first-order chi connectivity index (χ1) is 14.8. The summed E-state index contributed by atoms with van der Waals surface area (Å²) in [7, 11) is 1.56. The molecular weight excluding hydrogens is 424 g/mol. The molecule has 2 heterocycles. The molecule has 1 fully saturated rings. The molecule has 5 nitrogen and oxygen atoms in total. The molecular formula is C23H22ClF2N3O2. The number of morpholine rings is 1. The lowest BCUT2D eigenvalue weighted by molar-refractivity contribution is 0.0961. The van der Waals surface area contributed by atoms with Gasteiger partial charge >= 0.3 is 0 Å². The van der Waals surface area contributed by atoms with E-state index in [9.17, 15) is 9.18 Å². The monoisotopic (exact) mass is 445 g/mol. The van der Waals surface area contributed by atoms with E-state index in [1.807, 2.05) is 19.1 Å². The van der Waals surface area contributed by atoms with Crippen molar-refractivity contribution in [1.29, 1.82) is 0 Å². The van der Waals surface area contributed by atoms with E-state index >= 15 is 4.39 Å². The molecule has 0 bridgehead atoms. The predicted molar refractivity (Wildman–Crippen MR) is 118 cm³/mol. The minimum atomic E-state index is -0.773. The summed E-state index contributed by atoms with van der Waals surface area (Å²) in [5, 5.41) is 3.21. The van der Waals surface area contributed by atoms with E-state index in [1.165, 1.54) is 19.2 Å². The molecule has 0 aliphatic carbocycles. The molecule has 0 spiro atoms. The molecule has 0 atom stereocenters. The Hall–Kier alpha value is -2.77. The maximum absolute atomic E-state index is 15.1. The third kappa shape index (κ3) is 3.62. The van der Waals surface area contributed by atoms with Crippen LogP contribution in [0.1, 0.15) is 21.5 Å². The number of aromatic nitrogens is 1. The molecule has 3 aromatic rings. The number of rotatable bonds is 3. The van der Waals surface area contributed by atoms with Crippen molar-refractivity contribution in [2.45, 2.75) is 13.8 Å². The number of carbonyl (C=O) groups excluding carboxylic acids is 1. The molecule has 1 amide bonds. The zero-order chi connectivity index (χ0) is 22.3. The van der Waals surface area contributed by atoms with E-state index < -0.39 is 11.6 Å². The second-order valence-corrected chi connectivity index (χ2v) is 7.92. The molecule has 1 aliphatic heterocycles. The number of nitrogens with zero attached hydrogens (tertiary/aromatic N) is 2. The standard InChI is InChI=1S/C23H22ClF2N3O2/c1-12-4-5-14-21(18(12)15-10-17(24)20(26)13(2)19(15)25)28-11-16(23(30)27-3)22(14)29-6-8-31-9-7-29/h4-5,10-11H,6-9H2,1-3H3,(H,27,30). The summed E-state index contributed by atoms with van der Waals surface area (Å²) in [6, 6.07) is 5.03. The van der Waals surface area contributed by atoms with Crippen LogP contribution in [0.2, 0.25) is 5.02 Å². The fraction of sp³-hybridized carbons (Fsp3) is 0.304. The molecule has 31 heavy (non-hydrogen) atoms. The lowest BCUT2D eigenvalue weighted by Gasteiger charge is -2.31. The highest BCUT2D eigenvalue weighted by Gasteiger charge is 2.25. The quantitative estimate of drug-likeness (QED) is 0.596. The van der Waals surface area contributed by atoms with Gasteiger partial charge in [0.05, 0.1) is 35.0 Å². The SMILES string of the molecule is CNC(=O)c1cnc2c(-c3cc(Cl)c(F)c(C)c3F)c(C)ccc2c1N1CCOCC1. The summed E-state index contributed by atoms with van der Waals surface area (Å²) >= 11 is 6.05. The summed E-state index contributed by atoms with van der Waals surface area (Å²) in [6.45, 7) is 5.50. The Morgan fingerprint density at radius 3 is 2.58 bits per heavy atom. The fourth-order valence-electron chi connectivity index (χ4n) is 4.03. The first kappa shape index (κ1) is 21.5. The molecule has 8 heteroatoms. The molecule has 1 aliphatic rings. The van der Waals surface area contributed by atoms with E-state index in [1.54, 1.807) is 7.05 Å². The van der Waals surface area contributed by atoms with Crippen LogP contribution in [0.15, 0.2) is 24.4 Å². The highest BCUT2D eigenvalue weighted by molar-refractivity contribution is 6.31. The summed E-state index contributed by atoms with van der Waals surface area (Å²) < 4.78 is 34.7. The van der Waals surface area contributed by atoms with E-state index in [-0.39, 0.29) is 22.1 Å². The van der Waals surface area contributed by atoms with Crippen LogP contribution < -0.4 is 10.2 Å². The third-order valence-corrected chi connectivity index (χ3v) is 5.94. The van der Waals surface area contributed by atoms with Gasteiger partial charge in [0.2, 0.25) is 0 Å². The number of carbonyl (C=O) groups is 1. The summed E-state index contributed by atoms with van der Waals surface area (Å²) in [4.78, 5) is 19.2. The van der Waals surface area contributed by atoms with Crippen LogP contribution in [0.3, 0.4) is 0 Å². The largest absolute Gasteiger partial charge is 0.378 e. The first-order valence-electron chi connectivity index (χ1n) is 9.96. The molecule has 1 aromatic heterocycles. The van der Waals surface area contributed by atoms with Gasteiger partial charge in [0.1, 0.15) is 11.6 Å². The lowest BCUT2D eigenvalue weighted by Crippen LogP contribution is -2.38. The maximum atomic E-state index is 15.1. The Morgan fingerprint density at radius 2 is 1.90 bits per heavy atom. The van der Waals surface area contributed by atoms with E-state index in [4.69, 9.17) is 16.3 Å². The second kappa shape index (κ2) is 8.40. The van der Waals surface area contributed by atoms with Crippen molar-refractivity contribution in [3.05, 3.63) is 57.7 Å². The summed E-state index contributed by atoms with van der Waals surface area (Å²) in [6.07, 6.45) is 1.50. The van der Waals surface area contributed by atoms with Crippen LogP contribution in [0.25, 0.3) is 22.0 Å². The highest BCUT2D eigenvalue weighted by Crippen LogP contribution is 2.40. The van der Waals surface area contributed by atoms with Gasteiger partial charge < -0.3 is 15.0 Å². The predicted octanol–water partition coefficient (Wildman–Crippen LogP) is 4.65. The Balaban J connectivity index is 2.06. The van der Waals surface area contributed by atoms with Gasteiger partial charge in [-0.25, -0.2) is 8.78 Å². The van der Waals surface area contributed by atoms with Gasteiger partial charge in [0, 0.05) is 48.4 Å². The number of benzene rings is 2. The Labute approximate surface area is 184 Å². The smallest absolute Gasteiger partial charge is 0.254 e. The number of fused-ring (bicyclic) bond motifs is 1. The number of aryl methyl sites for hydroxylation is 1. The lowest BCUT2D eigenvalue weighted by atomic mass is 9.93. The Kier molecular flexibility index (Phi) is 5.81. The summed E-state index contributed by atoms with van der Waals surface area (Å²) in [5.41, 5.74) is 3.00. The Morgan fingerprint density at radius 1 is 1.19 bits per heavy atom. The fourth-order valence-corrected chi connectivity index (χ4v) is 4.28. The van der Waals surface area contributed by atoms with Gasteiger partial charge in [0.15, 0.2) is 0 Å². The zero-order valence-electron chi connectivity index (χ0n) is 17.5. The normalized spacial score (nSPS) is 14.2. The van der Waals surface area contributed by atoms with Crippen molar-refractivity contribution < 1.29 is 18.3 Å². The number of pyridine rings is 1. The van der Waals surface area contributed by atoms with Crippen LogP contribution in [0.5, 0.6) is 0 Å². The number of hydrogen-bond acceptors (Lipinski definition) is 4. The van der Waals surface area contributed by atoms with E-state index in [2.05, 4.69) is 15.2 Å². The van der Waals surface area contributed by atoms with Crippen molar-refractivity contribution in [1.82, 2.24) is 10.3 Å². The number of halogens is 3. The summed E-state index contributed by atoms with van der Waals surface area (Å²) in [5.74, 6) is -1.71. The minimum absolute atomic E-state index is 0.144. The molecule has 0 saturated carbocycles. The van der Waals surface area contributed by atoms with Gasteiger partial charge in [0.25, 0.3) is 5.91 Å². The van der Waals surface area contributed by atoms with Crippen LogP contribution in [-0.4, -0.2) is 44.2 Å². The Bertz CT molecular complexity index is 1190. The number of ether oxygens (including phenoxy) is 1. The average molecular weight is 446 g/mol. The van der Waals surface area contributed by atoms with Crippen molar-refractivity contribution in [3.63, 3.8) is 0 Å². The van der Waals surface area contributed by atoms with Gasteiger partial charge in [-0.1, -0.05) is 23.7 Å². The molecule has 0 radical (unpaired) electrons. The van der Waals surface area contributed by atoms with Crippen LogP contribution in [-0.2, 0) is 4.74 Å². The van der Waals surface area contributed by atoms with E-state index in [0.29, 0.717) is 48.3 Å². The van der Waals surface area contributed by atoms with Crippen molar-refractivity contribution in [2.24, 2.45) is 0 Å². The van der Waals surface area contributed by atoms with Crippen LogP contribution in [0.4, 0.5) is 14.5 Å². The van der Waals surface area contributed by atoms with Crippen molar-refractivity contribution in [2.75, 3.05) is 38.3 Å². The van der Waals surface area contributed by atoms with Crippen LogP contribution in [0, 0.1) is 25.5 Å². The van der Waals surface area contributed by atoms with Crippen molar-refractivity contribution >= 4 is 34.1 Å². The maximum Gasteiger partial charge on any atom is 0.254 e. The molecule has 0 unspecified atom stereocenters. The average Bonchev–Trinajstić information content (AvgIpc) is 2.79. The molecule has 162 valence electrons. The minimum Gasteiger partial charge on any atom is -0.378 e.